The smallest absolute Gasteiger partial charge is 0.243 e. The molecule has 444 valence electrons. The zero-order chi connectivity index (χ0) is 59.4. The Morgan fingerprint density at radius 1 is 0.518 bits per heavy atom. The van der Waals surface area contributed by atoms with Gasteiger partial charge in [-0.3, -0.25) is 38.4 Å². The normalized spacial score (nSPS) is 22.3. The fourth-order valence-corrected chi connectivity index (χ4v) is 10.6. The maximum atomic E-state index is 14.6. The Kier molecular flexibility index (Phi) is 20.5. The van der Waals surface area contributed by atoms with Crippen LogP contribution in [0.25, 0.3) is 11.1 Å². The summed E-state index contributed by atoms with van der Waals surface area (Å²) in [6, 6.07) is 22.3. The van der Waals surface area contributed by atoms with Gasteiger partial charge in [-0.05, 0) is 131 Å². The fourth-order valence-electron chi connectivity index (χ4n) is 10.6. The lowest BCUT2D eigenvalue weighted by Gasteiger charge is -2.27. The predicted octanol–water partition coefficient (Wildman–Crippen LogP) is 3.58. The number of amides is 6. The number of carbonyl (C=O) groups excluding carboxylic acids is 8. The number of methoxy groups -OCH3 is 2. The van der Waals surface area contributed by atoms with E-state index in [4.69, 9.17) is 23.7 Å². The summed E-state index contributed by atoms with van der Waals surface area (Å²) in [7, 11) is 3.05. The average Bonchev–Trinajstić information content (AvgIpc) is 4.62. The number of aliphatic hydroxyl groups is 1. The number of ketones is 2. The Hall–Kier alpha value is -7.52. The summed E-state index contributed by atoms with van der Waals surface area (Å²) in [4.78, 5) is 112. The zero-order valence-corrected chi connectivity index (χ0v) is 48.1. The molecule has 83 heavy (non-hydrogen) atoms. The quantitative estimate of drug-likeness (QED) is 0.0421. The van der Waals surface area contributed by atoms with Crippen molar-refractivity contribution in [3.8, 4) is 22.6 Å². The van der Waals surface area contributed by atoms with Crippen LogP contribution in [0.1, 0.15) is 88.5 Å². The van der Waals surface area contributed by atoms with Gasteiger partial charge >= 0.3 is 0 Å². The van der Waals surface area contributed by atoms with Gasteiger partial charge in [-0.1, -0.05) is 72.8 Å². The molecule has 3 saturated heterocycles. The van der Waals surface area contributed by atoms with Crippen LogP contribution in [0.5, 0.6) is 11.5 Å². The first-order chi connectivity index (χ1) is 39.7. The monoisotopic (exact) mass is 1140 g/mol. The van der Waals surface area contributed by atoms with Crippen LogP contribution in [-0.4, -0.2) is 146 Å². The second kappa shape index (κ2) is 27.7. The maximum absolute atomic E-state index is 14.6. The van der Waals surface area contributed by atoms with Crippen molar-refractivity contribution in [2.75, 3.05) is 40.6 Å². The van der Waals surface area contributed by atoms with Crippen molar-refractivity contribution in [2.24, 2.45) is 11.8 Å². The first kappa shape index (κ1) is 61.5. The van der Waals surface area contributed by atoms with Crippen molar-refractivity contribution in [2.45, 2.75) is 145 Å². The van der Waals surface area contributed by atoms with Crippen LogP contribution < -0.4 is 41.4 Å². The molecule has 8 atom stereocenters. The van der Waals surface area contributed by atoms with Crippen LogP contribution in [0.3, 0.4) is 0 Å². The van der Waals surface area contributed by atoms with Crippen LogP contribution in [0, 0.1) is 11.8 Å². The summed E-state index contributed by atoms with van der Waals surface area (Å²) in [5.74, 6) is -3.40. The number of rotatable bonds is 27. The van der Waals surface area contributed by atoms with Crippen molar-refractivity contribution in [1.29, 1.82) is 0 Å². The SMILES string of the molecule is COc1ccc(CC(NC(=O)C(C)NC(=O)C2CCC(O)CC2)C(=O)NC(Cc2cccc(-c3cc(CC(NC(=O)C(C)NC(=O)C4CCOCC4)C(=O)NC(Cc4ccccc4)C(=O)C4(C)CO4)ccc3OC)c2)C(=O)C2(C)CO2)cc1. The lowest BCUT2D eigenvalue weighted by Crippen LogP contribution is -2.57. The van der Waals surface area contributed by atoms with Crippen molar-refractivity contribution >= 4 is 47.0 Å². The van der Waals surface area contributed by atoms with Crippen LogP contribution >= 0.6 is 0 Å². The molecule has 7 N–H and O–H groups in total. The second-order valence-corrected chi connectivity index (χ2v) is 22.8. The van der Waals surface area contributed by atoms with Crippen molar-refractivity contribution < 1.29 is 67.1 Å². The van der Waals surface area contributed by atoms with Gasteiger partial charge in [0, 0.05) is 43.5 Å². The summed E-state index contributed by atoms with van der Waals surface area (Å²) in [6.07, 6.45) is 2.69. The Labute approximate surface area is 484 Å². The third-order valence-electron chi connectivity index (χ3n) is 16.2. The number of epoxide rings is 2. The number of hydrogen-bond donors (Lipinski definition) is 7. The summed E-state index contributed by atoms with van der Waals surface area (Å²) in [6.45, 7) is 7.62. The van der Waals surface area contributed by atoms with Crippen LogP contribution in [-0.2, 0) is 78.3 Å². The fraction of sp³-hybridized carbons (Fsp3) is 0.492. The summed E-state index contributed by atoms with van der Waals surface area (Å²) < 4.78 is 27.8. The molecule has 8 rings (SSSR count). The van der Waals surface area contributed by atoms with Gasteiger partial charge in [-0.2, -0.15) is 0 Å². The molecule has 0 aromatic heterocycles. The number of benzene rings is 4. The van der Waals surface area contributed by atoms with E-state index in [1.807, 2.05) is 54.6 Å². The first-order valence-electron chi connectivity index (χ1n) is 28.6. The third kappa shape index (κ3) is 16.6. The van der Waals surface area contributed by atoms with E-state index in [1.54, 1.807) is 63.2 Å². The van der Waals surface area contributed by atoms with Gasteiger partial charge < -0.3 is 60.7 Å². The van der Waals surface area contributed by atoms with Gasteiger partial charge in [-0.15, -0.1) is 0 Å². The molecule has 4 aromatic rings. The van der Waals surface area contributed by atoms with Gasteiger partial charge in [0.05, 0.1) is 45.6 Å². The third-order valence-corrected chi connectivity index (χ3v) is 16.2. The number of nitrogens with one attached hydrogen (secondary N) is 6. The molecule has 4 fully saturated rings. The summed E-state index contributed by atoms with van der Waals surface area (Å²) in [5, 5.41) is 27.1. The van der Waals surface area contributed by atoms with Crippen LogP contribution in [0.15, 0.2) is 97.1 Å². The van der Waals surface area contributed by atoms with E-state index < -0.39 is 77.2 Å². The lowest BCUT2D eigenvalue weighted by atomic mass is 9.87. The highest BCUT2D eigenvalue weighted by Gasteiger charge is 2.51. The summed E-state index contributed by atoms with van der Waals surface area (Å²) >= 11 is 0. The van der Waals surface area contributed by atoms with Crippen molar-refractivity contribution in [3.63, 3.8) is 0 Å². The van der Waals surface area contributed by atoms with Crippen LogP contribution in [0.4, 0.5) is 0 Å². The molecular formula is C63H78N6O14. The first-order valence-corrected chi connectivity index (χ1v) is 28.6. The number of hydrogen-bond acceptors (Lipinski definition) is 14. The maximum Gasteiger partial charge on any atom is 0.243 e. The van der Waals surface area contributed by atoms with E-state index in [2.05, 4.69) is 31.9 Å². The van der Waals surface area contributed by atoms with E-state index in [0.29, 0.717) is 91.1 Å². The van der Waals surface area contributed by atoms with Gasteiger partial charge in [-0.25, -0.2) is 0 Å². The zero-order valence-electron chi connectivity index (χ0n) is 48.1. The molecule has 4 aromatic carbocycles. The van der Waals surface area contributed by atoms with Gasteiger partial charge in [0.1, 0.15) is 46.9 Å². The molecule has 0 radical (unpaired) electrons. The standard InChI is InChI=1S/C63H78N6O14/c1-37(64-58(75)43-18-20-46(70)21-19-43)56(73)68-51(32-40-15-22-47(79-5)23-16-40)60(77)67-50(55(72)63(4)36-83-63)33-41-13-10-14-45(29-41)48-30-42(17-24-53(48)80-6)34-52(69-57(74)38(2)65-59(76)44-25-27-81-28-26-44)61(78)66-49(54(71)62(3)35-82-62)31-39-11-8-7-9-12-39/h7-17,22-24,29-30,37-38,43-44,46,49-52,70H,18-21,25-28,31-36H2,1-6H3,(H,64,75)(H,65,76)(H,66,78)(H,67,77)(H,68,73)(H,69,74). The highest BCUT2D eigenvalue weighted by atomic mass is 16.6. The Bertz CT molecular complexity index is 2970. The molecule has 1 aliphatic carbocycles. The molecule has 0 bridgehead atoms. The Balaban J connectivity index is 1.03. The average molecular weight is 1140 g/mol. The molecule has 8 unspecified atom stereocenters. The Morgan fingerprint density at radius 2 is 0.964 bits per heavy atom. The molecule has 20 heteroatoms. The second-order valence-electron chi connectivity index (χ2n) is 22.8. The topological polar surface area (TPSA) is 282 Å². The van der Waals surface area contributed by atoms with Gasteiger partial charge in [0.2, 0.25) is 35.4 Å². The molecule has 1 saturated carbocycles. The largest absolute Gasteiger partial charge is 0.497 e. The number of Topliss-reactive ketones (excluding diaryl/α,β-unsaturated/α-hetero) is 2. The molecule has 3 aliphatic heterocycles. The predicted molar refractivity (Wildman–Crippen MR) is 306 cm³/mol. The lowest BCUT2D eigenvalue weighted by molar-refractivity contribution is -0.135. The van der Waals surface area contributed by atoms with Gasteiger partial charge in [0.25, 0.3) is 0 Å². The van der Waals surface area contributed by atoms with Crippen molar-refractivity contribution in [1.82, 2.24) is 31.9 Å². The highest BCUT2D eigenvalue weighted by Crippen LogP contribution is 2.34. The summed E-state index contributed by atoms with van der Waals surface area (Å²) in [5.41, 5.74) is 1.74. The minimum Gasteiger partial charge on any atom is -0.497 e. The number of aliphatic hydroxyl groups excluding tert-OH is 1. The van der Waals surface area contributed by atoms with Crippen molar-refractivity contribution in [3.05, 3.63) is 119 Å². The molecule has 4 aliphatic rings. The number of carbonyl (C=O) groups is 8. The Morgan fingerprint density at radius 3 is 1.48 bits per heavy atom. The van der Waals surface area contributed by atoms with E-state index in [1.165, 1.54) is 21.1 Å². The molecular weight excluding hydrogens is 1060 g/mol. The molecule has 20 nitrogen and oxygen atoms in total. The minimum atomic E-state index is -1.24. The van der Waals surface area contributed by atoms with E-state index >= 15 is 0 Å². The molecule has 6 amide bonds. The van der Waals surface area contributed by atoms with E-state index in [-0.39, 0.29) is 74.1 Å². The number of ether oxygens (including phenoxy) is 5. The van der Waals surface area contributed by atoms with E-state index in [0.717, 1.165) is 5.56 Å². The van der Waals surface area contributed by atoms with E-state index in [9.17, 15) is 43.5 Å². The van der Waals surface area contributed by atoms with Crippen LogP contribution in [0.2, 0.25) is 0 Å². The van der Waals surface area contributed by atoms with Gasteiger partial charge in [0.15, 0.2) is 11.6 Å². The molecule has 0 spiro atoms. The highest BCUT2D eigenvalue weighted by molar-refractivity contribution is 6.00. The molecule has 3 heterocycles. The minimum absolute atomic E-state index is 0.00952.